The lowest BCUT2D eigenvalue weighted by Gasteiger charge is -2.07. The summed E-state index contributed by atoms with van der Waals surface area (Å²) < 4.78 is 3.82. The van der Waals surface area contributed by atoms with Crippen LogP contribution in [-0.2, 0) is 19.5 Å². The Bertz CT molecular complexity index is 745. The molecule has 3 aromatic rings. The molecule has 0 spiro atoms. The molecule has 1 N–H and O–H groups in total. The minimum Gasteiger partial charge on any atom is -0.345 e. The Kier molecular flexibility index (Phi) is 2.84. The van der Waals surface area contributed by atoms with Crippen LogP contribution in [0.5, 0.6) is 0 Å². The van der Waals surface area contributed by atoms with Gasteiger partial charge in [0.2, 0.25) is 5.95 Å². The Morgan fingerprint density at radius 1 is 1.10 bits per heavy atom. The molecule has 0 saturated heterocycles. The van der Waals surface area contributed by atoms with E-state index in [1.165, 1.54) is 0 Å². The van der Waals surface area contributed by atoms with Crippen LogP contribution in [0.15, 0.2) is 30.3 Å². The first-order chi connectivity index (χ1) is 10.4. The molecule has 0 radical (unpaired) electrons. The van der Waals surface area contributed by atoms with Crippen molar-refractivity contribution in [2.45, 2.75) is 25.9 Å². The van der Waals surface area contributed by atoms with Crippen LogP contribution in [0, 0.1) is 0 Å². The van der Waals surface area contributed by atoms with Gasteiger partial charge in [-0.1, -0.05) is 23.3 Å². The van der Waals surface area contributed by atoms with Gasteiger partial charge in [0, 0.05) is 13.0 Å². The number of tetrazole rings is 1. The normalized spacial score (nSPS) is 13.3. The molecule has 1 aliphatic heterocycles. The number of nitrogens with one attached hydrogen (secondary N) is 1. The summed E-state index contributed by atoms with van der Waals surface area (Å²) in [6.45, 7) is 1.54. The van der Waals surface area contributed by atoms with Crippen molar-refractivity contribution in [2.24, 2.45) is 0 Å². The Morgan fingerprint density at radius 3 is 2.90 bits per heavy atom. The quantitative estimate of drug-likeness (QED) is 0.762. The molecule has 4 rings (SSSR count). The summed E-state index contributed by atoms with van der Waals surface area (Å²) >= 11 is 0. The average molecular weight is 282 g/mol. The standard InChI is InChI=1S/C13H14N8/c1-2-5-10(6-3-1)21-13(17-18-19-21)14-9-12-16-15-11-7-4-8-20(11)12/h1-3,5-6H,4,7-9H2,(H,14,17,19). The summed E-state index contributed by atoms with van der Waals surface area (Å²) in [7, 11) is 0. The van der Waals surface area contributed by atoms with E-state index >= 15 is 0 Å². The summed E-state index contributed by atoms with van der Waals surface area (Å²) in [5.74, 6) is 2.58. The maximum absolute atomic E-state index is 4.21. The number of hydrogen-bond donors (Lipinski definition) is 1. The van der Waals surface area contributed by atoms with Gasteiger partial charge in [-0.3, -0.25) is 0 Å². The molecule has 8 heteroatoms. The van der Waals surface area contributed by atoms with E-state index in [4.69, 9.17) is 0 Å². The maximum Gasteiger partial charge on any atom is 0.248 e. The minimum atomic E-state index is 0.556. The van der Waals surface area contributed by atoms with Crippen LogP contribution in [0.25, 0.3) is 5.69 Å². The first-order valence-electron chi connectivity index (χ1n) is 6.90. The monoisotopic (exact) mass is 282 g/mol. The third-order valence-electron chi connectivity index (χ3n) is 3.56. The lowest BCUT2D eigenvalue weighted by Crippen LogP contribution is -2.11. The first kappa shape index (κ1) is 12.0. The topological polar surface area (TPSA) is 86.3 Å². The fraction of sp³-hybridized carbons (Fsp3) is 0.308. The van der Waals surface area contributed by atoms with Gasteiger partial charge in [-0.25, -0.2) is 0 Å². The highest BCUT2D eigenvalue weighted by atomic mass is 15.6. The summed E-state index contributed by atoms with van der Waals surface area (Å²) in [6, 6.07) is 9.77. The number of fused-ring (bicyclic) bond motifs is 1. The number of aryl methyl sites for hydroxylation is 1. The SMILES string of the molecule is c1ccc(-n2nnnc2NCc2nnc3n2CCC3)cc1. The van der Waals surface area contributed by atoms with Gasteiger partial charge in [0.25, 0.3) is 0 Å². The molecular weight excluding hydrogens is 268 g/mol. The van der Waals surface area contributed by atoms with Gasteiger partial charge in [0.05, 0.1) is 12.2 Å². The number of anilines is 1. The molecule has 0 bridgehead atoms. The van der Waals surface area contributed by atoms with Gasteiger partial charge in [0.15, 0.2) is 5.82 Å². The molecule has 0 saturated carbocycles. The highest BCUT2D eigenvalue weighted by Gasteiger charge is 2.17. The lowest BCUT2D eigenvalue weighted by molar-refractivity contribution is 0.693. The molecule has 0 fully saturated rings. The van der Waals surface area contributed by atoms with Gasteiger partial charge in [-0.15, -0.1) is 10.2 Å². The zero-order valence-corrected chi connectivity index (χ0v) is 11.3. The van der Waals surface area contributed by atoms with Crippen molar-refractivity contribution < 1.29 is 0 Å². The molecule has 0 aliphatic carbocycles. The van der Waals surface area contributed by atoms with Crippen molar-refractivity contribution in [1.29, 1.82) is 0 Å². The van der Waals surface area contributed by atoms with E-state index < -0.39 is 0 Å². The highest BCUT2D eigenvalue weighted by Crippen LogP contribution is 2.15. The summed E-state index contributed by atoms with van der Waals surface area (Å²) in [6.07, 6.45) is 2.15. The molecule has 2 aromatic heterocycles. The van der Waals surface area contributed by atoms with Crippen LogP contribution in [0.3, 0.4) is 0 Å². The van der Waals surface area contributed by atoms with Gasteiger partial charge < -0.3 is 9.88 Å². The average Bonchev–Trinajstić information content (AvgIpc) is 3.23. The molecule has 106 valence electrons. The van der Waals surface area contributed by atoms with Crippen LogP contribution in [0.1, 0.15) is 18.1 Å². The number of para-hydroxylation sites is 1. The highest BCUT2D eigenvalue weighted by molar-refractivity contribution is 5.38. The molecule has 1 aliphatic rings. The van der Waals surface area contributed by atoms with Gasteiger partial charge >= 0.3 is 0 Å². The van der Waals surface area contributed by atoms with E-state index in [1.54, 1.807) is 4.68 Å². The van der Waals surface area contributed by atoms with E-state index in [0.29, 0.717) is 12.5 Å². The second-order valence-corrected chi connectivity index (χ2v) is 4.89. The second kappa shape index (κ2) is 4.97. The Hall–Kier alpha value is -2.77. The van der Waals surface area contributed by atoms with Gasteiger partial charge in [-0.2, -0.15) is 4.68 Å². The molecule has 0 amide bonds. The van der Waals surface area contributed by atoms with Crippen LogP contribution in [0.4, 0.5) is 5.95 Å². The number of nitrogens with zero attached hydrogens (tertiary/aromatic N) is 7. The van der Waals surface area contributed by atoms with Gasteiger partial charge in [-0.05, 0) is 29.0 Å². The lowest BCUT2D eigenvalue weighted by atomic mass is 10.3. The van der Waals surface area contributed by atoms with E-state index in [-0.39, 0.29) is 0 Å². The third kappa shape index (κ3) is 2.14. The Labute approximate surface area is 120 Å². The maximum atomic E-state index is 4.21. The first-order valence-corrected chi connectivity index (χ1v) is 6.90. The van der Waals surface area contributed by atoms with Crippen LogP contribution in [-0.4, -0.2) is 35.0 Å². The van der Waals surface area contributed by atoms with Crippen molar-refractivity contribution >= 4 is 5.95 Å². The predicted octanol–water partition coefficient (Wildman–Crippen LogP) is 0.812. The van der Waals surface area contributed by atoms with Gasteiger partial charge in [0.1, 0.15) is 5.82 Å². The third-order valence-corrected chi connectivity index (χ3v) is 3.56. The molecule has 0 unspecified atom stereocenters. The Balaban J connectivity index is 1.55. The van der Waals surface area contributed by atoms with Crippen LogP contribution < -0.4 is 5.32 Å². The molecule has 1 aromatic carbocycles. The van der Waals surface area contributed by atoms with Crippen molar-refractivity contribution in [2.75, 3.05) is 5.32 Å². The molecule has 8 nitrogen and oxygen atoms in total. The van der Waals surface area contributed by atoms with Crippen LogP contribution in [0.2, 0.25) is 0 Å². The molecule has 21 heavy (non-hydrogen) atoms. The number of hydrogen-bond acceptors (Lipinski definition) is 6. The smallest absolute Gasteiger partial charge is 0.248 e. The van der Waals surface area contributed by atoms with Crippen molar-refractivity contribution in [3.05, 3.63) is 42.0 Å². The summed E-state index contributed by atoms with van der Waals surface area (Å²) in [5.41, 5.74) is 0.913. The van der Waals surface area contributed by atoms with E-state index in [9.17, 15) is 0 Å². The molecular formula is C13H14N8. The number of aromatic nitrogens is 7. The molecule has 3 heterocycles. The minimum absolute atomic E-state index is 0.556. The zero-order chi connectivity index (χ0) is 14.1. The van der Waals surface area contributed by atoms with E-state index in [1.807, 2.05) is 30.3 Å². The predicted molar refractivity (Wildman–Crippen MR) is 74.8 cm³/mol. The van der Waals surface area contributed by atoms with Crippen LogP contribution >= 0.6 is 0 Å². The number of rotatable bonds is 4. The summed E-state index contributed by atoms with van der Waals surface area (Å²) in [4.78, 5) is 0. The fourth-order valence-corrected chi connectivity index (χ4v) is 2.54. The fourth-order valence-electron chi connectivity index (χ4n) is 2.54. The Morgan fingerprint density at radius 2 is 2.00 bits per heavy atom. The van der Waals surface area contributed by atoms with Crippen molar-refractivity contribution in [1.82, 2.24) is 35.0 Å². The van der Waals surface area contributed by atoms with E-state index in [2.05, 4.69) is 35.6 Å². The number of benzene rings is 1. The molecule has 0 atom stereocenters. The zero-order valence-electron chi connectivity index (χ0n) is 11.3. The second-order valence-electron chi connectivity index (χ2n) is 4.89. The largest absolute Gasteiger partial charge is 0.345 e. The van der Waals surface area contributed by atoms with E-state index in [0.717, 1.165) is 36.7 Å². The summed E-state index contributed by atoms with van der Waals surface area (Å²) in [5, 5.41) is 23.4. The van der Waals surface area contributed by atoms with Crippen molar-refractivity contribution in [3.8, 4) is 5.69 Å². The van der Waals surface area contributed by atoms with Crippen molar-refractivity contribution in [3.63, 3.8) is 0 Å².